The van der Waals surface area contributed by atoms with Crippen molar-refractivity contribution in [3.8, 4) is 5.75 Å². The average molecular weight is 200 g/mol. The number of para-hydroxylation sites is 1. The molecule has 0 heterocycles. The molecule has 1 amide bonds. The monoisotopic (exact) mass is 200 g/mol. The van der Waals surface area contributed by atoms with E-state index in [1.54, 1.807) is 0 Å². The van der Waals surface area contributed by atoms with Gasteiger partial charge >= 0.3 is 5.69 Å². The minimum Gasteiger partial charge on any atom is -0.365 e. The third-order valence-electron chi connectivity index (χ3n) is 1.53. The summed E-state index contributed by atoms with van der Waals surface area (Å²) in [7, 11) is 0. The van der Waals surface area contributed by atoms with E-state index in [4.69, 9.17) is 5.73 Å². The number of carbonyl (C=O) groups excluding carboxylic acids is 1. The predicted molar refractivity (Wildman–Crippen MR) is 43.4 cm³/mol. The molecule has 0 aliphatic carbocycles. The lowest BCUT2D eigenvalue weighted by Crippen LogP contribution is -2.12. The van der Waals surface area contributed by atoms with Gasteiger partial charge in [0.1, 0.15) is 0 Å². The number of primary amides is 1. The molecular weight excluding hydrogens is 195 g/mol. The van der Waals surface area contributed by atoms with Crippen LogP contribution < -0.4 is 10.7 Å². The summed E-state index contributed by atoms with van der Waals surface area (Å²) >= 11 is 0. The Morgan fingerprint density at radius 3 is 2.64 bits per heavy atom. The van der Waals surface area contributed by atoms with Crippen LogP contribution in [0.15, 0.2) is 18.2 Å². The fraction of sp³-hybridized carbons (Fsp3) is 0. The maximum absolute atomic E-state index is 12.0. The van der Waals surface area contributed by atoms with Gasteiger partial charge in [-0.15, -0.1) is 0 Å². The Balaban J connectivity index is 3.39. The summed E-state index contributed by atoms with van der Waals surface area (Å²) in [5.74, 6) is -1.77. The molecule has 7 heteroatoms. The topological polar surface area (TPSA) is 95.5 Å². The minimum atomic E-state index is -0.999. The van der Waals surface area contributed by atoms with Crippen molar-refractivity contribution < 1.29 is 19.2 Å². The van der Waals surface area contributed by atoms with E-state index in [0.29, 0.717) is 0 Å². The summed E-state index contributed by atoms with van der Waals surface area (Å²) in [6.45, 7) is 0. The Hall–Kier alpha value is -2.18. The zero-order valence-electron chi connectivity index (χ0n) is 6.77. The molecule has 0 fully saturated rings. The van der Waals surface area contributed by atoms with E-state index >= 15 is 0 Å². The van der Waals surface area contributed by atoms with E-state index in [2.05, 4.69) is 4.94 Å². The van der Waals surface area contributed by atoms with E-state index in [9.17, 15) is 19.4 Å². The largest absolute Gasteiger partial charge is 0.365 e. The van der Waals surface area contributed by atoms with Crippen molar-refractivity contribution >= 4 is 11.6 Å². The van der Waals surface area contributed by atoms with Crippen LogP contribution in [-0.4, -0.2) is 10.8 Å². The molecule has 0 atom stereocenters. The molecule has 74 valence electrons. The summed E-state index contributed by atoms with van der Waals surface area (Å²) in [5, 5.41) is 10.4. The zero-order chi connectivity index (χ0) is 10.7. The average Bonchev–Trinajstić information content (AvgIpc) is 2.16. The number of carbonyl (C=O) groups is 1. The highest BCUT2D eigenvalue weighted by Crippen LogP contribution is 2.30. The first-order valence-electron chi connectivity index (χ1n) is 3.43. The highest BCUT2D eigenvalue weighted by molar-refractivity contribution is 5.96. The van der Waals surface area contributed by atoms with Gasteiger partial charge in [-0.05, 0) is 6.07 Å². The summed E-state index contributed by atoms with van der Waals surface area (Å²) in [6.07, 6.45) is 0. The van der Waals surface area contributed by atoms with Gasteiger partial charge in [-0.3, -0.25) is 19.9 Å². The van der Waals surface area contributed by atoms with E-state index in [1.165, 1.54) is 6.07 Å². The molecule has 0 unspecified atom stereocenters. The van der Waals surface area contributed by atoms with Gasteiger partial charge in [0.2, 0.25) is 0 Å². The Bertz CT molecular complexity index is 361. The third-order valence-corrected chi connectivity index (χ3v) is 1.53. The number of benzene rings is 1. The molecular formula is C7H5FN2O4. The van der Waals surface area contributed by atoms with Crippen molar-refractivity contribution in [2.24, 2.45) is 5.73 Å². The summed E-state index contributed by atoms with van der Waals surface area (Å²) in [5.41, 5.74) is 3.83. The van der Waals surface area contributed by atoms with Gasteiger partial charge in [0.05, 0.1) is 10.5 Å². The molecule has 0 bridgehead atoms. The van der Waals surface area contributed by atoms with Gasteiger partial charge in [0.15, 0.2) is 0 Å². The highest BCUT2D eigenvalue weighted by atomic mass is 19.3. The van der Waals surface area contributed by atoms with Crippen molar-refractivity contribution in [2.45, 2.75) is 0 Å². The normalized spacial score (nSPS) is 9.50. The van der Waals surface area contributed by atoms with Crippen LogP contribution in [0.1, 0.15) is 10.4 Å². The molecule has 0 saturated heterocycles. The molecule has 0 aromatic heterocycles. The number of amides is 1. The predicted octanol–water partition coefficient (Wildman–Crippen LogP) is 0.957. The zero-order valence-corrected chi connectivity index (χ0v) is 6.77. The Morgan fingerprint density at radius 1 is 1.57 bits per heavy atom. The van der Waals surface area contributed by atoms with E-state index in [0.717, 1.165) is 12.1 Å². The second-order valence-corrected chi connectivity index (χ2v) is 2.35. The minimum absolute atomic E-state index is 0.373. The molecule has 0 aliphatic heterocycles. The smallest absolute Gasteiger partial charge is 0.316 e. The molecule has 1 aromatic rings. The lowest BCUT2D eigenvalue weighted by Gasteiger charge is -2.01. The molecule has 0 spiro atoms. The molecule has 0 saturated carbocycles. The van der Waals surface area contributed by atoms with Crippen LogP contribution in [0.3, 0.4) is 0 Å². The van der Waals surface area contributed by atoms with Gasteiger partial charge in [-0.1, -0.05) is 6.07 Å². The maximum Gasteiger partial charge on any atom is 0.316 e. The van der Waals surface area contributed by atoms with Gasteiger partial charge in [0, 0.05) is 10.6 Å². The molecule has 6 nitrogen and oxygen atoms in total. The van der Waals surface area contributed by atoms with Crippen molar-refractivity contribution in [1.29, 1.82) is 0 Å². The van der Waals surface area contributed by atoms with Gasteiger partial charge in [-0.25, -0.2) is 0 Å². The van der Waals surface area contributed by atoms with Crippen LogP contribution in [0, 0.1) is 10.1 Å². The molecule has 1 rings (SSSR count). The molecule has 14 heavy (non-hydrogen) atoms. The fourth-order valence-corrected chi connectivity index (χ4v) is 0.944. The van der Waals surface area contributed by atoms with Crippen LogP contribution in [0.5, 0.6) is 5.75 Å². The lowest BCUT2D eigenvalue weighted by molar-refractivity contribution is -0.386. The van der Waals surface area contributed by atoms with Gasteiger partial charge < -0.3 is 5.73 Å². The summed E-state index contributed by atoms with van der Waals surface area (Å²) < 4.78 is 12.0. The number of nitrogens with zero attached hydrogens (tertiary/aromatic N) is 1. The number of hydrogen-bond donors (Lipinski definition) is 1. The first-order chi connectivity index (χ1) is 6.57. The van der Waals surface area contributed by atoms with Gasteiger partial charge in [-0.2, -0.15) is 0 Å². The second-order valence-electron chi connectivity index (χ2n) is 2.35. The highest BCUT2D eigenvalue weighted by Gasteiger charge is 2.22. The van der Waals surface area contributed by atoms with E-state index in [1.807, 2.05) is 0 Å². The molecule has 1 aromatic carbocycles. The Kier molecular flexibility index (Phi) is 2.61. The second kappa shape index (κ2) is 3.69. The summed E-state index contributed by atoms with van der Waals surface area (Å²) in [6, 6.07) is 3.34. The maximum atomic E-state index is 12.0. The van der Waals surface area contributed by atoms with Crippen LogP contribution in [-0.2, 0) is 0 Å². The van der Waals surface area contributed by atoms with Crippen LogP contribution in [0.2, 0.25) is 0 Å². The van der Waals surface area contributed by atoms with Crippen molar-refractivity contribution in [3.05, 3.63) is 33.9 Å². The van der Waals surface area contributed by atoms with E-state index < -0.39 is 22.3 Å². The molecule has 0 radical (unpaired) electrons. The summed E-state index contributed by atoms with van der Waals surface area (Å²) in [4.78, 5) is 23.5. The van der Waals surface area contributed by atoms with Crippen molar-refractivity contribution in [2.75, 3.05) is 0 Å². The SMILES string of the molecule is NC(=O)c1cccc([N+](=O)[O-])c1OF. The Morgan fingerprint density at radius 2 is 2.21 bits per heavy atom. The first kappa shape index (κ1) is 9.90. The Labute approximate surface area is 77.1 Å². The molecule has 0 aliphatic rings. The number of nitro benzene ring substituents is 1. The number of rotatable bonds is 3. The first-order valence-corrected chi connectivity index (χ1v) is 3.43. The number of hydrogen-bond acceptors (Lipinski definition) is 4. The van der Waals surface area contributed by atoms with Crippen LogP contribution >= 0.6 is 0 Å². The van der Waals surface area contributed by atoms with Crippen LogP contribution in [0.4, 0.5) is 10.2 Å². The fourth-order valence-electron chi connectivity index (χ4n) is 0.944. The van der Waals surface area contributed by atoms with Crippen LogP contribution in [0.25, 0.3) is 0 Å². The van der Waals surface area contributed by atoms with Crippen molar-refractivity contribution in [1.82, 2.24) is 0 Å². The quantitative estimate of drug-likeness (QED) is 0.580. The molecule has 2 N–H and O–H groups in total. The number of nitro groups is 1. The van der Waals surface area contributed by atoms with Gasteiger partial charge in [0.25, 0.3) is 11.7 Å². The number of halogens is 1. The standard InChI is InChI=1S/C7H5FN2O4/c8-14-6-4(7(9)11)2-1-3-5(6)10(12)13/h1-3H,(H2,9,11). The van der Waals surface area contributed by atoms with E-state index in [-0.39, 0.29) is 5.56 Å². The van der Waals surface area contributed by atoms with Crippen molar-refractivity contribution in [3.63, 3.8) is 0 Å². The lowest BCUT2D eigenvalue weighted by atomic mass is 10.1. The third kappa shape index (κ3) is 1.60. The number of nitrogens with two attached hydrogens (primary N) is 1.